The van der Waals surface area contributed by atoms with Gasteiger partial charge in [-0.2, -0.15) is 0 Å². The highest BCUT2D eigenvalue weighted by atomic mass is 16.5. The number of allylic oxidation sites excluding steroid dienone is 2. The van der Waals surface area contributed by atoms with Gasteiger partial charge >= 0.3 is 5.97 Å². The van der Waals surface area contributed by atoms with E-state index >= 15 is 0 Å². The van der Waals surface area contributed by atoms with Crippen molar-refractivity contribution in [3.63, 3.8) is 0 Å². The number of nitrogens with one attached hydrogen (secondary N) is 1. The number of ether oxygens (including phenoxy) is 1. The first kappa shape index (κ1) is 20.4. The van der Waals surface area contributed by atoms with Crippen molar-refractivity contribution in [3.05, 3.63) is 42.0 Å². The number of hydrogen-bond donors (Lipinski definition) is 1. The number of hydrogen-bond acceptors (Lipinski definition) is 6. The number of carbonyl (C=O) groups excluding carboxylic acids is 5. The number of imide groups is 1. The second-order valence-electron chi connectivity index (χ2n) is 7.08. The summed E-state index contributed by atoms with van der Waals surface area (Å²) in [6.07, 6.45) is 4.74. The van der Waals surface area contributed by atoms with Gasteiger partial charge in [0.25, 0.3) is 0 Å². The number of carbonyl (C=O) groups is 5. The van der Waals surface area contributed by atoms with Gasteiger partial charge in [-0.1, -0.05) is 12.2 Å². The van der Waals surface area contributed by atoms with E-state index < -0.39 is 18.4 Å². The topological polar surface area (TPSA) is 110 Å². The maximum atomic E-state index is 12.3. The van der Waals surface area contributed by atoms with Crippen LogP contribution in [0.2, 0.25) is 0 Å². The first-order valence-corrected chi connectivity index (χ1v) is 9.43. The van der Waals surface area contributed by atoms with E-state index in [9.17, 15) is 24.0 Å². The summed E-state index contributed by atoms with van der Waals surface area (Å²) in [5, 5.41) is 2.59. The summed E-state index contributed by atoms with van der Waals surface area (Å²) in [5.74, 6) is -2.40. The molecule has 0 unspecified atom stereocenters. The standard InChI is InChI=1S/C21H22N2O6/c1-13(24)22-15-8-6-14(7-9-15)18(25)12-29-19(26)10-11-23-20(27)16-4-2-3-5-17(16)21(23)28/h2-3,6-9,16-17H,4-5,10-12H2,1H3,(H,22,24)/t16-,17-/m1/s1. The number of rotatable bonds is 7. The molecule has 1 aromatic carbocycles. The van der Waals surface area contributed by atoms with E-state index in [1.165, 1.54) is 19.1 Å². The highest BCUT2D eigenvalue weighted by Crippen LogP contribution is 2.35. The van der Waals surface area contributed by atoms with E-state index in [4.69, 9.17) is 4.74 Å². The molecule has 1 aromatic rings. The maximum Gasteiger partial charge on any atom is 0.308 e. The Balaban J connectivity index is 1.45. The summed E-state index contributed by atoms with van der Waals surface area (Å²) < 4.78 is 4.98. The molecule has 2 atom stereocenters. The largest absolute Gasteiger partial charge is 0.457 e. The molecule has 3 amide bonds. The molecule has 0 bridgehead atoms. The monoisotopic (exact) mass is 398 g/mol. The van der Waals surface area contributed by atoms with Crippen LogP contribution in [0.1, 0.15) is 36.5 Å². The summed E-state index contributed by atoms with van der Waals surface area (Å²) >= 11 is 0. The quantitative estimate of drug-likeness (QED) is 0.324. The molecule has 1 fully saturated rings. The highest BCUT2D eigenvalue weighted by Gasteiger charge is 2.46. The molecule has 0 spiro atoms. The van der Waals surface area contributed by atoms with Gasteiger partial charge in [-0.3, -0.25) is 28.9 Å². The first-order valence-electron chi connectivity index (χ1n) is 9.43. The summed E-state index contributed by atoms with van der Waals surface area (Å²) in [6.45, 7) is 0.908. The average Bonchev–Trinajstić information content (AvgIpc) is 2.95. The molecule has 0 radical (unpaired) electrons. The molecule has 2 aliphatic rings. The van der Waals surface area contributed by atoms with Crippen molar-refractivity contribution in [2.75, 3.05) is 18.5 Å². The molecule has 1 aliphatic heterocycles. The molecule has 1 heterocycles. The van der Waals surface area contributed by atoms with Crippen LogP contribution in [0.25, 0.3) is 0 Å². The number of Topliss-reactive ketones (excluding diaryl/α,β-unsaturated/α-hetero) is 1. The summed E-state index contributed by atoms with van der Waals surface area (Å²) in [7, 11) is 0. The summed E-state index contributed by atoms with van der Waals surface area (Å²) in [4.78, 5) is 60.9. The maximum absolute atomic E-state index is 12.3. The van der Waals surface area contributed by atoms with Gasteiger partial charge in [0.05, 0.1) is 18.3 Å². The molecular formula is C21H22N2O6. The van der Waals surface area contributed by atoms with Crippen molar-refractivity contribution >= 4 is 35.2 Å². The second-order valence-corrected chi connectivity index (χ2v) is 7.08. The lowest BCUT2D eigenvalue weighted by atomic mass is 9.85. The van der Waals surface area contributed by atoms with E-state index in [-0.39, 0.29) is 42.5 Å². The van der Waals surface area contributed by atoms with Crippen LogP contribution in [-0.2, 0) is 23.9 Å². The number of esters is 1. The number of anilines is 1. The van der Waals surface area contributed by atoms with Crippen LogP contribution >= 0.6 is 0 Å². The second kappa shape index (κ2) is 8.81. The van der Waals surface area contributed by atoms with Gasteiger partial charge < -0.3 is 10.1 Å². The summed E-state index contributed by atoms with van der Waals surface area (Å²) in [5.41, 5.74) is 0.898. The van der Waals surface area contributed by atoms with Crippen molar-refractivity contribution in [3.8, 4) is 0 Å². The van der Waals surface area contributed by atoms with E-state index in [1.807, 2.05) is 12.2 Å². The number of fused-ring (bicyclic) bond motifs is 1. The molecule has 152 valence electrons. The van der Waals surface area contributed by atoms with Crippen molar-refractivity contribution in [2.45, 2.75) is 26.2 Å². The first-order chi connectivity index (χ1) is 13.9. The minimum Gasteiger partial charge on any atom is -0.457 e. The fraction of sp³-hybridized carbons (Fsp3) is 0.381. The van der Waals surface area contributed by atoms with Crippen LogP contribution in [0, 0.1) is 11.8 Å². The zero-order chi connectivity index (χ0) is 21.0. The molecule has 29 heavy (non-hydrogen) atoms. The molecule has 0 aromatic heterocycles. The fourth-order valence-corrected chi connectivity index (χ4v) is 3.54. The van der Waals surface area contributed by atoms with Crippen LogP contribution < -0.4 is 5.32 Å². The Morgan fingerprint density at radius 2 is 1.62 bits per heavy atom. The van der Waals surface area contributed by atoms with Crippen LogP contribution in [0.5, 0.6) is 0 Å². The zero-order valence-electron chi connectivity index (χ0n) is 16.1. The Morgan fingerprint density at radius 3 is 2.17 bits per heavy atom. The normalized spacial score (nSPS) is 20.4. The van der Waals surface area contributed by atoms with Crippen LogP contribution in [0.15, 0.2) is 36.4 Å². The third kappa shape index (κ3) is 4.77. The van der Waals surface area contributed by atoms with Crippen LogP contribution in [-0.4, -0.2) is 47.5 Å². The van der Waals surface area contributed by atoms with Gasteiger partial charge in [0.15, 0.2) is 12.4 Å². The Hall–Kier alpha value is -3.29. The lowest BCUT2D eigenvalue weighted by molar-refractivity contribution is -0.145. The molecular weight excluding hydrogens is 376 g/mol. The number of likely N-dealkylation sites (tertiary alicyclic amines) is 1. The lowest BCUT2D eigenvalue weighted by Gasteiger charge is -2.14. The molecule has 0 saturated carbocycles. The smallest absolute Gasteiger partial charge is 0.308 e. The Morgan fingerprint density at radius 1 is 1.03 bits per heavy atom. The van der Waals surface area contributed by atoms with Gasteiger partial charge in [-0.05, 0) is 37.1 Å². The number of ketones is 1. The minimum absolute atomic E-state index is 0.0386. The van der Waals surface area contributed by atoms with Crippen LogP contribution in [0.3, 0.4) is 0 Å². The third-order valence-corrected chi connectivity index (χ3v) is 5.03. The molecule has 1 N–H and O–H groups in total. The Bertz CT molecular complexity index is 848. The number of amides is 3. The van der Waals surface area contributed by atoms with Crippen molar-refractivity contribution < 1.29 is 28.7 Å². The van der Waals surface area contributed by atoms with Crippen LogP contribution in [0.4, 0.5) is 5.69 Å². The van der Waals surface area contributed by atoms with Crippen molar-refractivity contribution in [1.82, 2.24) is 4.90 Å². The third-order valence-electron chi connectivity index (χ3n) is 5.03. The Kier molecular flexibility index (Phi) is 6.21. The minimum atomic E-state index is -0.651. The molecule has 8 nitrogen and oxygen atoms in total. The van der Waals surface area contributed by atoms with Crippen molar-refractivity contribution in [2.24, 2.45) is 11.8 Å². The number of benzene rings is 1. The van der Waals surface area contributed by atoms with Gasteiger partial charge in [-0.25, -0.2) is 0 Å². The van der Waals surface area contributed by atoms with Crippen molar-refractivity contribution in [1.29, 1.82) is 0 Å². The fourth-order valence-electron chi connectivity index (χ4n) is 3.54. The highest BCUT2D eigenvalue weighted by molar-refractivity contribution is 6.05. The van der Waals surface area contributed by atoms with Gasteiger partial charge in [0.2, 0.25) is 17.7 Å². The SMILES string of the molecule is CC(=O)Nc1ccc(C(=O)COC(=O)CCN2C(=O)[C@@H]3CC=CC[C@H]3C2=O)cc1. The van der Waals surface area contributed by atoms with E-state index in [0.717, 1.165) is 4.90 Å². The number of nitrogens with zero attached hydrogens (tertiary/aromatic N) is 1. The van der Waals surface area contributed by atoms with E-state index in [1.54, 1.807) is 12.1 Å². The van der Waals surface area contributed by atoms with Gasteiger partial charge in [-0.15, -0.1) is 0 Å². The zero-order valence-corrected chi connectivity index (χ0v) is 16.1. The predicted molar refractivity (Wildman–Crippen MR) is 103 cm³/mol. The Labute approximate surface area is 167 Å². The van der Waals surface area contributed by atoms with E-state index in [2.05, 4.69) is 5.32 Å². The predicted octanol–water partition coefficient (Wildman–Crippen LogP) is 1.71. The summed E-state index contributed by atoms with van der Waals surface area (Å²) in [6, 6.07) is 6.21. The molecule has 8 heteroatoms. The van der Waals surface area contributed by atoms with Gasteiger partial charge in [0.1, 0.15) is 0 Å². The lowest BCUT2D eigenvalue weighted by Crippen LogP contribution is -2.33. The molecule has 1 saturated heterocycles. The average molecular weight is 398 g/mol. The molecule has 3 rings (SSSR count). The van der Waals surface area contributed by atoms with E-state index in [0.29, 0.717) is 24.1 Å². The molecule has 1 aliphatic carbocycles. The van der Waals surface area contributed by atoms with Gasteiger partial charge in [0, 0.05) is 24.7 Å².